The molecule has 2 aliphatic heterocycles. The van der Waals surface area contributed by atoms with Crippen molar-refractivity contribution in [1.82, 2.24) is 9.55 Å². The first-order chi connectivity index (χ1) is 15.7. The molecule has 0 bridgehead atoms. The maximum absolute atomic E-state index is 11.9. The van der Waals surface area contributed by atoms with Crippen LogP contribution < -0.4 is 21.0 Å². The molecule has 0 aromatic carbocycles. The normalized spacial score (nSPS) is 37.4. The minimum atomic E-state index is -5.78. The molecule has 3 heterocycles. The second-order valence-electron chi connectivity index (χ2n) is 7.15. The Labute approximate surface area is 188 Å². The number of rotatable bonds is 9. The first-order valence-electron chi connectivity index (χ1n) is 9.36. The number of H-pyrrole nitrogens is 1. The Morgan fingerprint density at radius 1 is 1.00 bits per heavy atom. The third-order valence-corrected chi connectivity index (χ3v) is 7.32. The third-order valence-electron chi connectivity index (χ3n) is 4.79. The highest BCUT2D eigenvalue weighted by Crippen LogP contribution is 2.57. The quantitative estimate of drug-likeness (QED) is 0.161. The van der Waals surface area contributed by atoms with Crippen LogP contribution in [-0.4, -0.2) is 91.2 Å². The summed E-state index contributed by atoms with van der Waals surface area (Å²) < 4.78 is 46.9. The molecule has 10 unspecified atom stereocenters. The van der Waals surface area contributed by atoms with E-state index in [1.807, 2.05) is 4.98 Å². The number of phosphoric ester groups is 2. The van der Waals surface area contributed by atoms with E-state index in [1.165, 1.54) is 0 Å². The van der Waals surface area contributed by atoms with Gasteiger partial charge < -0.3 is 49.3 Å². The number of nitrogens with one attached hydrogen (secondary N) is 1. The summed E-state index contributed by atoms with van der Waals surface area (Å²) in [5.41, 5.74) is -1.75. The predicted octanol–water partition coefficient (Wildman–Crippen LogP) is -5.42. The van der Waals surface area contributed by atoms with Crippen molar-refractivity contribution in [2.24, 2.45) is 0 Å². The number of aromatic nitrogens is 2. The fourth-order valence-electron chi connectivity index (χ4n) is 3.13. The van der Waals surface area contributed by atoms with Crippen LogP contribution in [0.4, 0.5) is 0 Å². The first kappa shape index (κ1) is 27.3. The zero-order chi connectivity index (χ0) is 25.4. The number of hydrogen-bond acceptors (Lipinski definition) is 16. The van der Waals surface area contributed by atoms with Gasteiger partial charge in [-0.25, -0.2) is 9.11 Å². The highest BCUT2D eigenvalue weighted by molar-refractivity contribution is 7.59. The molecule has 2 saturated heterocycles. The van der Waals surface area contributed by atoms with Crippen LogP contribution in [-0.2, 0) is 32.0 Å². The topological polar surface area (TPSA) is 282 Å². The van der Waals surface area contributed by atoms with Crippen LogP contribution in [0.3, 0.4) is 0 Å². The van der Waals surface area contributed by atoms with Crippen LogP contribution in [0.25, 0.3) is 0 Å². The standard InChI is InChI=1S/C14H22N2O16P2/c17-3-5-8(19)11(22)13(30-5)31-34(26,27)32-33(24,25)28-4-6-9(20)10(21)12(29-6)16-2-1-7(18)15-14(16)23/h1-2,5-6,8-13,17,19-22H,3-4H2,(H,24,25)(H,26,27)(H,15,18,23)/p-2. The highest BCUT2D eigenvalue weighted by atomic mass is 31.3. The van der Waals surface area contributed by atoms with Gasteiger partial charge in [0.25, 0.3) is 21.2 Å². The Morgan fingerprint density at radius 3 is 2.24 bits per heavy atom. The Morgan fingerprint density at radius 2 is 1.65 bits per heavy atom. The summed E-state index contributed by atoms with van der Waals surface area (Å²) in [7, 11) is -11.5. The summed E-state index contributed by atoms with van der Waals surface area (Å²) in [6.07, 6.45) is -13.0. The minimum absolute atomic E-state index is 0.712. The molecule has 2 fully saturated rings. The lowest BCUT2D eigenvalue weighted by molar-refractivity contribution is -0.259. The summed E-state index contributed by atoms with van der Waals surface area (Å²) in [6.45, 7) is -1.89. The smallest absolute Gasteiger partial charge is 0.330 e. The van der Waals surface area contributed by atoms with Gasteiger partial charge in [-0.2, -0.15) is 0 Å². The van der Waals surface area contributed by atoms with Gasteiger partial charge >= 0.3 is 5.69 Å². The molecule has 2 aliphatic rings. The van der Waals surface area contributed by atoms with Crippen molar-refractivity contribution in [1.29, 1.82) is 0 Å². The number of hydrogen-bond donors (Lipinski definition) is 6. The van der Waals surface area contributed by atoms with Crippen LogP contribution in [0.5, 0.6) is 0 Å². The molecule has 18 nitrogen and oxygen atoms in total. The van der Waals surface area contributed by atoms with Gasteiger partial charge in [0.1, 0.15) is 36.6 Å². The van der Waals surface area contributed by atoms with E-state index in [2.05, 4.69) is 13.4 Å². The molecular formula is C14H20N2O16P2-2. The predicted molar refractivity (Wildman–Crippen MR) is 98.3 cm³/mol. The second-order valence-corrected chi connectivity index (χ2v) is 10.1. The lowest BCUT2D eigenvalue weighted by Gasteiger charge is -2.33. The van der Waals surface area contributed by atoms with Crippen LogP contribution in [0.1, 0.15) is 6.23 Å². The van der Waals surface area contributed by atoms with Crippen LogP contribution in [0, 0.1) is 0 Å². The van der Waals surface area contributed by atoms with Gasteiger partial charge in [-0.3, -0.25) is 28.0 Å². The van der Waals surface area contributed by atoms with Crippen molar-refractivity contribution >= 4 is 15.6 Å². The van der Waals surface area contributed by atoms with Crippen LogP contribution in [0.2, 0.25) is 0 Å². The summed E-state index contributed by atoms with van der Waals surface area (Å²) >= 11 is 0. The van der Waals surface area contributed by atoms with E-state index >= 15 is 0 Å². The Bertz CT molecular complexity index is 1080. The van der Waals surface area contributed by atoms with Crippen molar-refractivity contribution in [2.45, 2.75) is 49.1 Å². The van der Waals surface area contributed by atoms with E-state index < -0.39 is 89.2 Å². The van der Waals surface area contributed by atoms with Gasteiger partial charge in [-0.1, -0.05) is 0 Å². The Hall–Kier alpha value is -1.34. The largest absolute Gasteiger partial charge is 0.756 e. The molecule has 194 valence electrons. The van der Waals surface area contributed by atoms with Crippen LogP contribution >= 0.6 is 15.6 Å². The molecule has 1 aromatic rings. The van der Waals surface area contributed by atoms with E-state index in [9.17, 15) is 48.9 Å². The SMILES string of the molecule is O=c1ccn(C2OC(COP(=O)([O-])OP(=O)([O-])OC3OC(CO)C(O)C3O)C(O)C2O)c(=O)[nH]1. The molecule has 10 atom stereocenters. The lowest BCUT2D eigenvalue weighted by atomic mass is 10.1. The Balaban J connectivity index is 1.60. The maximum atomic E-state index is 11.9. The van der Waals surface area contributed by atoms with Gasteiger partial charge in [-0.15, -0.1) is 0 Å². The molecule has 20 heteroatoms. The minimum Gasteiger partial charge on any atom is -0.756 e. The van der Waals surface area contributed by atoms with Gasteiger partial charge in [-0.05, 0) is 0 Å². The zero-order valence-corrected chi connectivity index (χ0v) is 18.5. The van der Waals surface area contributed by atoms with E-state index in [4.69, 9.17) is 14.6 Å². The fraction of sp³-hybridized carbons (Fsp3) is 0.714. The van der Waals surface area contributed by atoms with Gasteiger partial charge in [0.05, 0.1) is 13.2 Å². The fourth-order valence-corrected chi connectivity index (χ4v) is 5.21. The van der Waals surface area contributed by atoms with Crippen molar-refractivity contribution in [3.05, 3.63) is 33.1 Å². The maximum Gasteiger partial charge on any atom is 0.330 e. The second kappa shape index (κ2) is 10.3. The van der Waals surface area contributed by atoms with Crippen molar-refractivity contribution < 1.29 is 67.3 Å². The number of aromatic amines is 1. The molecule has 3 rings (SSSR count). The zero-order valence-electron chi connectivity index (χ0n) is 16.8. The Kier molecular flexibility index (Phi) is 8.28. The third kappa shape index (κ3) is 6.07. The van der Waals surface area contributed by atoms with Gasteiger partial charge in [0.15, 0.2) is 12.5 Å². The highest BCUT2D eigenvalue weighted by Gasteiger charge is 2.46. The number of ether oxygens (including phenoxy) is 2. The molecule has 1 aromatic heterocycles. The molecule has 6 N–H and O–H groups in total. The van der Waals surface area contributed by atoms with E-state index in [1.54, 1.807) is 0 Å². The summed E-state index contributed by atoms with van der Waals surface area (Å²) in [6, 6.07) is 0.923. The van der Waals surface area contributed by atoms with E-state index in [0.717, 1.165) is 12.3 Å². The van der Waals surface area contributed by atoms with Crippen LogP contribution in [0.15, 0.2) is 21.9 Å². The van der Waals surface area contributed by atoms with E-state index in [-0.39, 0.29) is 0 Å². The molecule has 0 amide bonds. The number of aliphatic hydroxyl groups excluding tert-OH is 5. The molecule has 0 radical (unpaired) electrons. The number of nitrogens with zero attached hydrogens (tertiary/aromatic N) is 1. The molecule has 0 saturated carbocycles. The average molecular weight is 534 g/mol. The number of phosphoric acid groups is 2. The number of aliphatic hydroxyl groups is 5. The summed E-state index contributed by atoms with van der Waals surface area (Å²) in [5, 5.41) is 48.3. The molecule has 34 heavy (non-hydrogen) atoms. The van der Waals surface area contributed by atoms with Crippen molar-refractivity contribution in [3.8, 4) is 0 Å². The first-order valence-corrected chi connectivity index (χ1v) is 12.3. The average Bonchev–Trinajstić information content (AvgIpc) is 3.16. The van der Waals surface area contributed by atoms with Gasteiger partial charge in [0, 0.05) is 12.3 Å². The summed E-state index contributed by atoms with van der Waals surface area (Å²) in [5.74, 6) is 0. The van der Waals surface area contributed by atoms with Gasteiger partial charge in [0.2, 0.25) is 0 Å². The van der Waals surface area contributed by atoms with Crippen molar-refractivity contribution in [2.75, 3.05) is 13.2 Å². The summed E-state index contributed by atoms with van der Waals surface area (Å²) in [4.78, 5) is 48.7. The molecule has 0 spiro atoms. The van der Waals surface area contributed by atoms with Crippen molar-refractivity contribution in [3.63, 3.8) is 0 Å². The molecular weight excluding hydrogens is 514 g/mol. The molecule has 0 aliphatic carbocycles. The lowest BCUT2D eigenvalue weighted by Crippen LogP contribution is -2.37. The monoisotopic (exact) mass is 534 g/mol. The van der Waals surface area contributed by atoms with E-state index in [0.29, 0.717) is 4.57 Å².